The quantitative estimate of drug-likeness (QED) is 0.740. The van der Waals surface area contributed by atoms with E-state index < -0.39 is 9.84 Å². The molecule has 1 unspecified atom stereocenters. The molecule has 1 aliphatic rings. The Morgan fingerprint density at radius 3 is 2.76 bits per heavy atom. The van der Waals surface area contributed by atoms with Crippen LogP contribution in [0.15, 0.2) is 0 Å². The van der Waals surface area contributed by atoms with E-state index in [-0.39, 0.29) is 5.75 Å². The third kappa shape index (κ3) is 5.36. The van der Waals surface area contributed by atoms with E-state index in [2.05, 4.69) is 10.2 Å². The van der Waals surface area contributed by atoms with Gasteiger partial charge in [0, 0.05) is 18.3 Å². The van der Waals surface area contributed by atoms with Crippen molar-refractivity contribution in [2.24, 2.45) is 0 Å². The Hall–Kier alpha value is -0.130. The highest BCUT2D eigenvalue weighted by molar-refractivity contribution is 7.91. The predicted octanol–water partition coefficient (Wildman–Crippen LogP) is 0.885. The van der Waals surface area contributed by atoms with Gasteiger partial charge in [-0.25, -0.2) is 8.42 Å². The van der Waals surface area contributed by atoms with Crippen LogP contribution >= 0.6 is 0 Å². The highest BCUT2D eigenvalue weighted by atomic mass is 32.2. The Labute approximate surface area is 106 Å². The van der Waals surface area contributed by atoms with Gasteiger partial charge in [-0.2, -0.15) is 0 Å². The molecule has 1 N–H and O–H groups in total. The number of rotatable bonds is 7. The number of nitrogens with zero attached hydrogens (tertiary/aromatic N) is 1. The Morgan fingerprint density at radius 1 is 1.35 bits per heavy atom. The van der Waals surface area contributed by atoms with E-state index in [4.69, 9.17) is 0 Å². The van der Waals surface area contributed by atoms with Gasteiger partial charge in [0.25, 0.3) is 0 Å². The standard InChI is InChI=1S/C12H26N2O2S/c1-3-17(15,16)11-10-14-9-5-4-6-12(14)7-8-13-2/h12-13H,3-11H2,1-2H3. The number of likely N-dealkylation sites (tertiary alicyclic amines) is 1. The van der Waals surface area contributed by atoms with E-state index in [1.54, 1.807) is 6.92 Å². The van der Waals surface area contributed by atoms with Crippen molar-refractivity contribution in [3.8, 4) is 0 Å². The molecule has 0 aliphatic carbocycles. The molecular weight excluding hydrogens is 236 g/mol. The summed E-state index contributed by atoms with van der Waals surface area (Å²) in [6.07, 6.45) is 4.84. The van der Waals surface area contributed by atoms with Gasteiger partial charge in [-0.15, -0.1) is 0 Å². The van der Waals surface area contributed by atoms with Crippen molar-refractivity contribution >= 4 is 9.84 Å². The molecule has 5 heteroatoms. The van der Waals surface area contributed by atoms with Crippen molar-refractivity contribution in [1.29, 1.82) is 0 Å². The molecule has 1 atom stereocenters. The summed E-state index contributed by atoms with van der Waals surface area (Å²) in [6.45, 7) is 4.52. The lowest BCUT2D eigenvalue weighted by atomic mass is 9.99. The Balaban J connectivity index is 2.42. The molecule has 0 bridgehead atoms. The van der Waals surface area contributed by atoms with Crippen molar-refractivity contribution in [2.75, 3.05) is 38.2 Å². The van der Waals surface area contributed by atoms with E-state index in [0.29, 0.717) is 18.3 Å². The predicted molar refractivity (Wildman–Crippen MR) is 72.1 cm³/mol. The first kappa shape index (κ1) is 14.9. The lowest BCUT2D eigenvalue weighted by molar-refractivity contribution is 0.149. The van der Waals surface area contributed by atoms with Gasteiger partial charge in [0.05, 0.1) is 5.75 Å². The normalized spacial score (nSPS) is 22.8. The van der Waals surface area contributed by atoms with Crippen molar-refractivity contribution in [3.63, 3.8) is 0 Å². The van der Waals surface area contributed by atoms with Gasteiger partial charge in [0.2, 0.25) is 0 Å². The lowest BCUT2D eigenvalue weighted by Crippen LogP contribution is -2.43. The van der Waals surface area contributed by atoms with Crippen molar-refractivity contribution < 1.29 is 8.42 Å². The molecule has 1 aliphatic heterocycles. The second-order valence-corrected chi connectivity index (χ2v) is 7.29. The van der Waals surface area contributed by atoms with Gasteiger partial charge in [0.1, 0.15) is 0 Å². The zero-order valence-electron chi connectivity index (χ0n) is 11.1. The van der Waals surface area contributed by atoms with Crippen LogP contribution in [0.3, 0.4) is 0 Å². The molecule has 0 aromatic rings. The van der Waals surface area contributed by atoms with Crippen LogP contribution in [0.4, 0.5) is 0 Å². The average Bonchev–Trinajstić information content (AvgIpc) is 2.35. The molecule has 0 radical (unpaired) electrons. The fourth-order valence-corrected chi connectivity index (χ4v) is 3.19. The first-order valence-corrected chi connectivity index (χ1v) is 8.50. The summed E-state index contributed by atoms with van der Waals surface area (Å²) in [5.74, 6) is 0.585. The molecular formula is C12H26N2O2S. The maximum absolute atomic E-state index is 11.5. The summed E-state index contributed by atoms with van der Waals surface area (Å²) in [7, 11) is -0.853. The summed E-state index contributed by atoms with van der Waals surface area (Å²) in [4.78, 5) is 2.37. The van der Waals surface area contributed by atoms with Gasteiger partial charge in [-0.05, 0) is 39.4 Å². The van der Waals surface area contributed by atoms with Crippen LogP contribution in [0.5, 0.6) is 0 Å². The van der Waals surface area contributed by atoms with Crippen LogP contribution in [0, 0.1) is 0 Å². The summed E-state index contributed by atoms with van der Waals surface area (Å²) in [5, 5.41) is 3.17. The van der Waals surface area contributed by atoms with Crippen molar-refractivity contribution in [1.82, 2.24) is 10.2 Å². The first-order valence-electron chi connectivity index (χ1n) is 6.68. The van der Waals surface area contributed by atoms with E-state index in [0.717, 1.165) is 19.5 Å². The van der Waals surface area contributed by atoms with Crippen LogP contribution in [0.25, 0.3) is 0 Å². The molecule has 4 nitrogen and oxygen atoms in total. The van der Waals surface area contributed by atoms with E-state index >= 15 is 0 Å². The molecule has 0 amide bonds. The van der Waals surface area contributed by atoms with Crippen LogP contribution in [-0.2, 0) is 9.84 Å². The van der Waals surface area contributed by atoms with E-state index in [9.17, 15) is 8.42 Å². The third-order valence-corrected chi connectivity index (χ3v) is 5.29. The SMILES string of the molecule is CCS(=O)(=O)CCN1CCCCC1CCNC. The van der Waals surface area contributed by atoms with Gasteiger partial charge in [0.15, 0.2) is 9.84 Å². The second kappa shape index (κ2) is 7.34. The minimum Gasteiger partial charge on any atom is -0.320 e. The molecule has 0 saturated carbocycles. The largest absolute Gasteiger partial charge is 0.320 e. The summed E-state index contributed by atoms with van der Waals surface area (Å²) >= 11 is 0. The number of piperidine rings is 1. The van der Waals surface area contributed by atoms with Gasteiger partial charge < -0.3 is 5.32 Å². The molecule has 0 spiro atoms. The van der Waals surface area contributed by atoms with Crippen LogP contribution in [0.1, 0.15) is 32.6 Å². The molecule has 1 saturated heterocycles. The number of hydrogen-bond donors (Lipinski definition) is 1. The zero-order valence-corrected chi connectivity index (χ0v) is 11.9. The monoisotopic (exact) mass is 262 g/mol. The minimum atomic E-state index is -2.82. The van der Waals surface area contributed by atoms with Gasteiger partial charge in [-0.3, -0.25) is 4.90 Å². The topological polar surface area (TPSA) is 49.4 Å². The highest BCUT2D eigenvalue weighted by Gasteiger charge is 2.22. The minimum absolute atomic E-state index is 0.266. The third-order valence-electron chi connectivity index (χ3n) is 3.61. The smallest absolute Gasteiger partial charge is 0.151 e. The summed E-state index contributed by atoms with van der Waals surface area (Å²) in [6, 6.07) is 0.572. The maximum atomic E-state index is 11.5. The summed E-state index contributed by atoms with van der Waals surface area (Å²) < 4.78 is 23.0. The molecule has 1 heterocycles. The molecule has 102 valence electrons. The number of sulfone groups is 1. The van der Waals surface area contributed by atoms with Gasteiger partial charge >= 0.3 is 0 Å². The molecule has 0 aromatic heterocycles. The summed E-state index contributed by atoms with van der Waals surface area (Å²) in [5.41, 5.74) is 0. The van der Waals surface area contributed by atoms with Crippen LogP contribution in [-0.4, -0.2) is 57.5 Å². The zero-order chi connectivity index (χ0) is 12.7. The van der Waals surface area contributed by atoms with Crippen molar-refractivity contribution in [3.05, 3.63) is 0 Å². The highest BCUT2D eigenvalue weighted by Crippen LogP contribution is 2.19. The lowest BCUT2D eigenvalue weighted by Gasteiger charge is -2.35. The molecule has 1 fully saturated rings. The average molecular weight is 262 g/mol. The number of hydrogen-bond acceptors (Lipinski definition) is 4. The Bertz CT molecular complexity index is 304. The van der Waals surface area contributed by atoms with E-state index in [1.165, 1.54) is 19.3 Å². The number of nitrogens with one attached hydrogen (secondary N) is 1. The Kier molecular flexibility index (Phi) is 6.44. The van der Waals surface area contributed by atoms with Crippen molar-refractivity contribution in [2.45, 2.75) is 38.6 Å². The Morgan fingerprint density at radius 2 is 2.12 bits per heavy atom. The molecule has 17 heavy (non-hydrogen) atoms. The van der Waals surface area contributed by atoms with Gasteiger partial charge in [-0.1, -0.05) is 13.3 Å². The molecule has 1 rings (SSSR count). The van der Waals surface area contributed by atoms with Crippen LogP contribution in [0.2, 0.25) is 0 Å². The van der Waals surface area contributed by atoms with E-state index in [1.807, 2.05) is 7.05 Å². The maximum Gasteiger partial charge on any atom is 0.151 e. The fraction of sp³-hybridized carbons (Fsp3) is 1.00. The van der Waals surface area contributed by atoms with Crippen LogP contribution < -0.4 is 5.32 Å². The fourth-order valence-electron chi connectivity index (χ4n) is 2.39. The first-order chi connectivity index (χ1) is 8.09. The second-order valence-electron chi connectivity index (χ2n) is 4.81. The molecule has 0 aromatic carbocycles.